The van der Waals surface area contributed by atoms with Gasteiger partial charge in [-0.1, -0.05) is 0 Å². The van der Waals surface area contributed by atoms with Crippen molar-refractivity contribution in [1.29, 1.82) is 0 Å². The van der Waals surface area contributed by atoms with Gasteiger partial charge in [0.25, 0.3) is 0 Å². The number of rotatable bonds is 4. The number of likely N-dealkylation sites (N-methyl/N-ethyl adjacent to an activating group) is 1. The number of ether oxygens (including phenoxy) is 1. The number of hydrogen-bond donors (Lipinski definition) is 2. The fourth-order valence-electron chi connectivity index (χ4n) is 2.74. The number of nitrogens with one attached hydrogen (secondary N) is 1. The Morgan fingerprint density at radius 2 is 1.94 bits per heavy atom. The van der Waals surface area contributed by atoms with Crippen LogP contribution in [0.1, 0.15) is 26.3 Å². The van der Waals surface area contributed by atoms with Crippen LogP contribution in [0.25, 0.3) is 16.9 Å². The zero-order chi connectivity index (χ0) is 24.6. The molecule has 3 N–H and O–H groups in total. The molecule has 10 nitrogen and oxygen atoms in total. The molecule has 176 valence electrons. The molecular formula is C20H22F3N7O3. The third kappa shape index (κ3) is 5.87. The highest BCUT2D eigenvalue weighted by molar-refractivity contribution is 5.93. The van der Waals surface area contributed by atoms with E-state index < -0.39 is 35.2 Å². The van der Waals surface area contributed by atoms with Crippen molar-refractivity contribution >= 4 is 29.3 Å². The molecule has 0 radical (unpaired) electrons. The lowest BCUT2D eigenvalue weighted by molar-refractivity contribution is -0.137. The van der Waals surface area contributed by atoms with Crippen LogP contribution in [0.3, 0.4) is 0 Å². The van der Waals surface area contributed by atoms with Crippen LogP contribution in [0.15, 0.2) is 30.6 Å². The van der Waals surface area contributed by atoms with Crippen LogP contribution in [0.2, 0.25) is 0 Å². The standard InChI is InChI=1S/C20H22F3N7O3/c1-19(2,3)33-18(32)29(4)10-16(31)27-14-9-30-15(26-14)6-5-13(28-30)11-7-12(20(21,22)23)17(24)25-8-11/h5-9H,10H2,1-4H3,(H2,24,25)(H,27,31). The lowest BCUT2D eigenvalue weighted by atomic mass is 10.1. The molecule has 13 heteroatoms. The van der Waals surface area contributed by atoms with Crippen molar-refractivity contribution in [3.05, 3.63) is 36.2 Å². The minimum absolute atomic E-state index is 0.108. The monoisotopic (exact) mass is 465 g/mol. The fourth-order valence-corrected chi connectivity index (χ4v) is 2.74. The Morgan fingerprint density at radius 3 is 2.58 bits per heavy atom. The van der Waals surface area contributed by atoms with Gasteiger partial charge in [-0.3, -0.25) is 4.79 Å². The molecule has 0 aliphatic carbocycles. The topological polar surface area (TPSA) is 128 Å². The second-order valence-electron chi connectivity index (χ2n) is 8.19. The van der Waals surface area contributed by atoms with Crippen molar-refractivity contribution in [2.45, 2.75) is 32.5 Å². The van der Waals surface area contributed by atoms with Crippen LogP contribution in [0.5, 0.6) is 0 Å². The quantitative estimate of drug-likeness (QED) is 0.606. The molecule has 0 aliphatic rings. The average Bonchev–Trinajstić information content (AvgIpc) is 3.07. The molecule has 3 rings (SSSR count). The lowest BCUT2D eigenvalue weighted by Crippen LogP contribution is -2.38. The van der Waals surface area contributed by atoms with E-state index in [1.54, 1.807) is 20.8 Å². The Labute approximate surface area is 186 Å². The van der Waals surface area contributed by atoms with E-state index in [2.05, 4.69) is 20.4 Å². The molecule has 0 fully saturated rings. The molecule has 3 aromatic heterocycles. The van der Waals surface area contributed by atoms with Gasteiger partial charge in [0.05, 0.1) is 17.5 Å². The zero-order valence-corrected chi connectivity index (χ0v) is 18.3. The van der Waals surface area contributed by atoms with Crippen LogP contribution < -0.4 is 11.1 Å². The maximum Gasteiger partial charge on any atom is 0.419 e. The number of alkyl halides is 3. The molecule has 0 unspecified atom stereocenters. The summed E-state index contributed by atoms with van der Waals surface area (Å²) in [5.74, 6) is -1.01. The maximum atomic E-state index is 13.1. The fraction of sp³-hybridized carbons (Fsp3) is 0.350. The van der Waals surface area contributed by atoms with Gasteiger partial charge < -0.3 is 20.7 Å². The number of carbonyl (C=O) groups is 2. The third-order valence-corrected chi connectivity index (χ3v) is 4.19. The van der Waals surface area contributed by atoms with E-state index >= 15 is 0 Å². The highest BCUT2D eigenvalue weighted by Gasteiger charge is 2.34. The van der Waals surface area contributed by atoms with Crippen molar-refractivity contribution in [3.63, 3.8) is 0 Å². The molecule has 0 saturated heterocycles. The Balaban J connectivity index is 1.75. The number of fused-ring (bicyclic) bond motifs is 1. The number of imidazole rings is 1. The molecule has 33 heavy (non-hydrogen) atoms. The number of halogens is 3. The van der Waals surface area contributed by atoms with E-state index in [9.17, 15) is 22.8 Å². The number of pyridine rings is 1. The highest BCUT2D eigenvalue weighted by Crippen LogP contribution is 2.34. The van der Waals surface area contributed by atoms with Gasteiger partial charge in [0.2, 0.25) is 5.91 Å². The number of nitrogen functional groups attached to an aromatic ring is 1. The van der Waals surface area contributed by atoms with Crippen LogP contribution >= 0.6 is 0 Å². The summed E-state index contributed by atoms with van der Waals surface area (Å²) in [7, 11) is 1.42. The molecule has 3 aromatic rings. The summed E-state index contributed by atoms with van der Waals surface area (Å²) in [6, 6.07) is 3.86. The Kier molecular flexibility index (Phi) is 6.16. The minimum atomic E-state index is -4.66. The molecule has 0 bridgehead atoms. The summed E-state index contributed by atoms with van der Waals surface area (Å²) in [4.78, 5) is 33.1. The predicted octanol–water partition coefficient (Wildman–Crippen LogP) is 3.20. The summed E-state index contributed by atoms with van der Waals surface area (Å²) in [5, 5.41) is 6.76. The minimum Gasteiger partial charge on any atom is -0.444 e. The predicted molar refractivity (Wildman–Crippen MR) is 113 cm³/mol. The van der Waals surface area contributed by atoms with Crippen molar-refractivity contribution in [2.24, 2.45) is 0 Å². The second kappa shape index (κ2) is 8.56. The van der Waals surface area contributed by atoms with E-state index in [1.807, 2.05) is 0 Å². The number of anilines is 2. The maximum absolute atomic E-state index is 13.1. The van der Waals surface area contributed by atoms with Gasteiger partial charge in [0, 0.05) is 18.8 Å². The Hall–Kier alpha value is -3.90. The van der Waals surface area contributed by atoms with Crippen molar-refractivity contribution in [1.82, 2.24) is 24.5 Å². The number of amides is 2. The first-order chi connectivity index (χ1) is 15.2. The summed E-state index contributed by atoms with van der Waals surface area (Å²) in [5.41, 5.74) is 4.22. The van der Waals surface area contributed by atoms with E-state index in [-0.39, 0.29) is 23.6 Å². The van der Waals surface area contributed by atoms with Crippen LogP contribution in [-0.2, 0) is 15.7 Å². The SMILES string of the molecule is CN(CC(=O)Nc1cn2nc(-c3cnc(N)c(C(F)(F)F)c3)ccc2n1)C(=O)OC(C)(C)C. The van der Waals surface area contributed by atoms with Gasteiger partial charge >= 0.3 is 12.3 Å². The van der Waals surface area contributed by atoms with Crippen molar-refractivity contribution < 1.29 is 27.5 Å². The first-order valence-corrected chi connectivity index (χ1v) is 9.66. The smallest absolute Gasteiger partial charge is 0.419 e. The first-order valence-electron chi connectivity index (χ1n) is 9.66. The molecule has 0 aliphatic heterocycles. The normalized spacial score (nSPS) is 12.0. The van der Waals surface area contributed by atoms with Gasteiger partial charge in [-0.05, 0) is 39.0 Å². The van der Waals surface area contributed by atoms with Gasteiger partial charge in [-0.25, -0.2) is 19.3 Å². The summed E-state index contributed by atoms with van der Waals surface area (Å²) >= 11 is 0. The van der Waals surface area contributed by atoms with E-state index in [0.717, 1.165) is 11.0 Å². The van der Waals surface area contributed by atoms with E-state index in [4.69, 9.17) is 10.5 Å². The largest absolute Gasteiger partial charge is 0.444 e. The second-order valence-corrected chi connectivity index (χ2v) is 8.19. The number of nitrogens with two attached hydrogens (primary N) is 1. The van der Waals surface area contributed by atoms with E-state index in [0.29, 0.717) is 5.65 Å². The first kappa shape index (κ1) is 23.8. The number of carbonyl (C=O) groups excluding carboxylic acids is 2. The van der Waals surface area contributed by atoms with Gasteiger partial charge in [-0.2, -0.15) is 18.3 Å². The molecule has 0 aromatic carbocycles. The molecule has 0 spiro atoms. The van der Waals surface area contributed by atoms with Crippen molar-refractivity contribution in [3.8, 4) is 11.3 Å². The zero-order valence-electron chi connectivity index (χ0n) is 18.3. The highest BCUT2D eigenvalue weighted by atomic mass is 19.4. The lowest BCUT2D eigenvalue weighted by Gasteiger charge is -2.24. The number of nitrogens with zero attached hydrogens (tertiary/aromatic N) is 5. The third-order valence-electron chi connectivity index (χ3n) is 4.19. The summed E-state index contributed by atoms with van der Waals surface area (Å²) in [6.45, 7) is 4.85. The Bertz CT molecular complexity index is 1200. The molecule has 3 heterocycles. The van der Waals surface area contributed by atoms with E-state index in [1.165, 1.54) is 36.1 Å². The van der Waals surface area contributed by atoms with Crippen LogP contribution in [0.4, 0.5) is 29.6 Å². The molecule has 0 saturated carbocycles. The van der Waals surface area contributed by atoms with Crippen LogP contribution in [-0.4, -0.2) is 55.7 Å². The Morgan fingerprint density at radius 1 is 1.24 bits per heavy atom. The summed E-state index contributed by atoms with van der Waals surface area (Å²) < 4.78 is 45.8. The number of aromatic nitrogens is 4. The average molecular weight is 465 g/mol. The van der Waals surface area contributed by atoms with Gasteiger partial charge in [-0.15, -0.1) is 0 Å². The summed E-state index contributed by atoms with van der Waals surface area (Å²) in [6.07, 6.45) is -2.74. The molecule has 2 amide bonds. The number of hydrogen-bond acceptors (Lipinski definition) is 7. The molecular weight excluding hydrogens is 443 g/mol. The molecule has 0 atom stereocenters. The van der Waals surface area contributed by atoms with Gasteiger partial charge in [0.1, 0.15) is 18.0 Å². The van der Waals surface area contributed by atoms with Gasteiger partial charge in [0.15, 0.2) is 11.5 Å². The van der Waals surface area contributed by atoms with Crippen LogP contribution in [0, 0.1) is 0 Å². The van der Waals surface area contributed by atoms with Crippen molar-refractivity contribution in [2.75, 3.05) is 24.6 Å².